The molecule has 0 radical (unpaired) electrons. The van der Waals surface area contributed by atoms with E-state index < -0.39 is 23.8 Å². The van der Waals surface area contributed by atoms with Gasteiger partial charge in [0.25, 0.3) is 5.91 Å². The largest absolute Gasteiger partial charge is 0.484 e. The Morgan fingerprint density at radius 2 is 1.92 bits per heavy atom. The van der Waals surface area contributed by atoms with Gasteiger partial charge in [-0.05, 0) is 54.3 Å². The Hall–Kier alpha value is -2.54. The molecule has 0 saturated heterocycles. The van der Waals surface area contributed by atoms with Crippen molar-refractivity contribution in [3.63, 3.8) is 0 Å². The smallest absolute Gasteiger partial charge is 0.416 e. The summed E-state index contributed by atoms with van der Waals surface area (Å²) in [4.78, 5) is 12.1. The van der Waals surface area contributed by atoms with E-state index in [9.17, 15) is 23.1 Å². The van der Waals surface area contributed by atoms with Crippen molar-refractivity contribution in [3.8, 4) is 5.75 Å². The fourth-order valence-corrected chi connectivity index (χ4v) is 2.96. The highest BCUT2D eigenvalue weighted by Gasteiger charge is 2.30. The summed E-state index contributed by atoms with van der Waals surface area (Å²) < 4.78 is 42.8. The second kappa shape index (κ2) is 7.37. The predicted octanol–water partition coefficient (Wildman–Crippen LogP) is 3.57. The zero-order chi connectivity index (χ0) is 18.7. The van der Waals surface area contributed by atoms with Crippen LogP contribution in [0.3, 0.4) is 0 Å². The number of rotatable bonds is 4. The van der Waals surface area contributed by atoms with Crippen LogP contribution in [0, 0.1) is 0 Å². The number of amides is 1. The maximum atomic E-state index is 12.5. The van der Waals surface area contributed by atoms with Crippen LogP contribution < -0.4 is 10.1 Å². The number of aliphatic hydroxyl groups is 1. The van der Waals surface area contributed by atoms with Crippen molar-refractivity contribution < 1.29 is 27.8 Å². The second-order valence-electron chi connectivity index (χ2n) is 6.20. The number of alkyl halides is 3. The lowest BCUT2D eigenvalue weighted by Crippen LogP contribution is -2.24. The fraction of sp³-hybridized carbons (Fsp3) is 0.316. The van der Waals surface area contributed by atoms with Crippen LogP contribution >= 0.6 is 0 Å². The van der Waals surface area contributed by atoms with Gasteiger partial charge in [0.05, 0.1) is 11.7 Å². The molecule has 7 heteroatoms. The van der Waals surface area contributed by atoms with E-state index in [-0.39, 0.29) is 12.4 Å². The first kappa shape index (κ1) is 18.3. The Labute approximate surface area is 148 Å². The van der Waals surface area contributed by atoms with Crippen LogP contribution in [0.15, 0.2) is 42.5 Å². The monoisotopic (exact) mass is 365 g/mol. The normalized spacial score (nSPS) is 16.7. The number of ether oxygens (including phenoxy) is 1. The van der Waals surface area contributed by atoms with E-state index in [1.165, 1.54) is 12.1 Å². The Kier molecular flexibility index (Phi) is 5.18. The molecular formula is C19H18F3NO3. The highest BCUT2D eigenvalue weighted by Crippen LogP contribution is 2.30. The average Bonchev–Trinajstić information content (AvgIpc) is 2.60. The van der Waals surface area contributed by atoms with E-state index >= 15 is 0 Å². The topological polar surface area (TPSA) is 58.6 Å². The standard InChI is InChI=1S/C19H18F3NO3/c20-19(21,22)13-5-8-15(9-6-13)26-11-18(25)23-17-3-1-2-12-4-7-14(24)10-16(12)17/h1-3,5-6,8-9,14,24H,4,7,10-11H2,(H,23,25). The van der Waals surface area contributed by atoms with Crippen molar-refractivity contribution in [2.75, 3.05) is 11.9 Å². The molecule has 3 rings (SSSR count). The minimum atomic E-state index is -4.41. The summed E-state index contributed by atoms with van der Waals surface area (Å²) in [5, 5.41) is 12.6. The second-order valence-corrected chi connectivity index (χ2v) is 6.20. The summed E-state index contributed by atoms with van der Waals surface area (Å²) in [5.41, 5.74) is 1.86. The van der Waals surface area contributed by atoms with Gasteiger partial charge >= 0.3 is 6.18 Å². The Balaban J connectivity index is 1.60. The number of carbonyl (C=O) groups excluding carboxylic acids is 1. The third kappa shape index (κ3) is 4.35. The highest BCUT2D eigenvalue weighted by atomic mass is 19.4. The van der Waals surface area contributed by atoms with Crippen LogP contribution in [0.2, 0.25) is 0 Å². The van der Waals surface area contributed by atoms with Gasteiger partial charge in [-0.15, -0.1) is 0 Å². The SMILES string of the molecule is O=C(COc1ccc(C(F)(F)F)cc1)Nc1cccc2c1CC(O)CC2. The van der Waals surface area contributed by atoms with Gasteiger partial charge in [-0.2, -0.15) is 13.2 Å². The van der Waals surface area contributed by atoms with E-state index in [0.717, 1.165) is 29.7 Å². The predicted molar refractivity (Wildman–Crippen MR) is 90.0 cm³/mol. The summed E-state index contributed by atoms with van der Waals surface area (Å²) in [5.74, 6) is -0.239. The van der Waals surface area contributed by atoms with E-state index in [4.69, 9.17) is 4.74 Å². The first-order valence-electron chi connectivity index (χ1n) is 8.21. The van der Waals surface area contributed by atoms with Gasteiger partial charge in [-0.25, -0.2) is 0 Å². The maximum absolute atomic E-state index is 12.5. The number of anilines is 1. The number of benzene rings is 2. The van der Waals surface area contributed by atoms with Crippen LogP contribution in [-0.4, -0.2) is 23.7 Å². The molecule has 1 aliphatic carbocycles. The lowest BCUT2D eigenvalue weighted by Gasteiger charge is -2.23. The molecule has 0 aromatic heterocycles. The lowest BCUT2D eigenvalue weighted by molar-refractivity contribution is -0.137. The van der Waals surface area contributed by atoms with Gasteiger partial charge in [0, 0.05) is 12.1 Å². The van der Waals surface area contributed by atoms with E-state index in [1.54, 1.807) is 6.07 Å². The molecule has 0 bridgehead atoms. The zero-order valence-electron chi connectivity index (χ0n) is 13.8. The van der Waals surface area contributed by atoms with Gasteiger partial charge < -0.3 is 15.2 Å². The summed E-state index contributed by atoms with van der Waals surface area (Å²) in [7, 11) is 0. The van der Waals surface area contributed by atoms with E-state index in [0.29, 0.717) is 18.5 Å². The van der Waals surface area contributed by atoms with Gasteiger partial charge in [-0.1, -0.05) is 12.1 Å². The van der Waals surface area contributed by atoms with Crippen LogP contribution in [0.1, 0.15) is 23.1 Å². The molecule has 1 unspecified atom stereocenters. The minimum Gasteiger partial charge on any atom is -0.484 e. The van der Waals surface area contributed by atoms with Crippen molar-refractivity contribution >= 4 is 11.6 Å². The summed E-state index contributed by atoms with van der Waals surface area (Å²) in [6.45, 7) is -0.322. The molecule has 0 fully saturated rings. The van der Waals surface area contributed by atoms with Crippen molar-refractivity contribution in [1.29, 1.82) is 0 Å². The molecule has 0 aliphatic heterocycles. The first-order valence-corrected chi connectivity index (χ1v) is 8.21. The third-order valence-corrected chi connectivity index (χ3v) is 4.29. The summed E-state index contributed by atoms with van der Waals surface area (Å²) in [6, 6.07) is 9.73. The molecule has 0 saturated carbocycles. The minimum absolute atomic E-state index is 0.179. The molecule has 1 amide bonds. The number of aryl methyl sites for hydroxylation is 1. The van der Waals surface area contributed by atoms with Crippen molar-refractivity contribution in [2.45, 2.75) is 31.5 Å². The number of aliphatic hydroxyl groups excluding tert-OH is 1. The number of hydrogen-bond donors (Lipinski definition) is 2. The first-order chi connectivity index (χ1) is 12.3. The molecule has 1 atom stereocenters. The Morgan fingerprint density at radius 3 is 2.62 bits per heavy atom. The lowest BCUT2D eigenvalue weighted by atomic mass is 9.88. The molecular weight excluding hydrogens is 347 g/mol. The van der Waals surface area contributed by atoms with Gasteiger partial charge in [-0.3, -0.25) is 4.79 Å². The van der Waals surface area contributed by atoms with Gasteiger partial charge in [0.1, 0.15) is 5.75 Å². The van der Waals surface area contributed by atoms with Crippen molar-refractivity contribution in [1.82, 2.24) is 0 Å². The summed E-state index contributed by atoms with van der Waals surface area (Å²) >= 11 is 0. The Morgan fingerprint density at radius 1 is 1.19 bits per heavy atom. The molecule has 4 nitrogen and oxygen atoms in total. The van der Waals surface area contributed by atoms with Crippen LogP contribution in [0.5, 0.6) is 5.75 Å². The number of carbonyl (C=O) groups is 1. The zero-order valence-corrected chi connectivity index (χ0v) is 13.8. The van der Waals surface area contributed by atoms with E-state index in [2.05, 4.69) is 5.32 Å². The van der Waals surface area contributed by atoms with Crippen LogP contribution in [0.25, 0.3) is 0 Å². The van der Waals surface area contributed by atoms with Gasteiger partial charge in [0.15, 0.2) is 6.61 Å². The fourth-order valence-electron chi connectivity index (χ4n) is 2.96. The molecule has 0 spiro atoms. The number of halogens is 3. The molecule has 1 aliphatic rings. The molecule has 138 valence electrons. The molecule has 2 aromatic carbocycles. The highest BCUT2D eigenvalue weighted by molar-refractivity contribution is 5.92. The maximum Gasteiger partial charge on any atom is 0.416 e. The summed E-state index contributed by atoms with van der Waals surface area (Å²) in [6.07, 6.45) is -2.91. The van der Waals surface area contributed by atoms with Crippen LogP contribution in [-0.2, 0) is 23.8 Å². The van der Waals surface area contributed by atoms with Crippen molar-refractivity contribution in [2.24, 2.45) is 0 Å². The Bertz CT molecular complexity index is 788. The quantitative estimate of drug-likeness (QED) is 0.871. The number of hydrogen-bond acceptors (Lipinski definition) is 3. The van der Waals surface area contributed by atoms with Gasteiger partial charge in [0.2, 0.25) is 0 Å². The number of fused-ring (bicyclic) bond motifs is 1. The average molecular weight is 365 g/mol. The van der Waals surface area contributed by atoms with Crippen LogP contribution in [0.4, 0.5) is 18.9 Å². The third-order valence-electron chi connectivity index (χ3n) is 4.29. The van der Waals surface area contributed by atoms with E-state index in [1.807, 2.05) is 12.1 Å². The molecule has 26 heavy (non-hydrogen) atoms. The molecule has 2 aromatic rings. The molecule has 2 N–H and O–H groups in total. The number of nitrogens with one attached hydrogen (secondary N) is 1. The van der Waals surface area contributed by atoms with Crippen molar-refractivity contribution in [3.05, 3.63) is 59.2 Å². The molecule has 0 heterocycles.